The van der Waals surface area contributed by atoms with Gasteiger partial charge in [-0.25, -0.2) is 9.69 Å². The van der Waals surface area contributed by atoms with Crippen molar-refractivity contribution in [2.24, 2.45) is 0 Å². The molecule has 4 amide bonds. The van der Waals surface area contributed by atoms with E-state index in [2.05, 4.69) is 56.5 Å². The molecule has 0 bridgehead atoms. The Hall–Kier alpha value is -5.67. The number of urea groups is 1. The predicted molar refractivity (Wildman–Crippen MR) is 210 cm³/mol. The number of carbonyl (C=O) groups excluding carboxylic acids is 3. The lowest BCUT2D eigenvalue weighted by Gasteiger charge is -2.44. The number of aryl methyl sites for hydroxylation is 1. The summed E-state index contributed by atoms with van der Waals surface area (Å²) in [5.74, 6) is -0.394. The Bertz CT molecular complexity index is 2200. The maximum Gasteiger partial charge on any atom is 0.335 e. The number of benzene rings is 5. The van der Waals surface area contributed by atoms with Crippen molar-refractivity contribution in [3.8, 4) is 11.5 Å². The van der Waals surface area contributed by atoms with Crippen LogP contribution >= 0.6 is 15.9 Å². The minimum atomic E-state index is -0.779. The SMILES string of the molecule is COc1cc(/C=C2\C(=O)NC(=O)N(c3cc4c5c(c3)[C@@H](c3ccccc3)CCN5CC[C@@H]4c3ccccc3)C2=O)cc(Br)c1OCc1cccc(C)c1. The first-order valence-electron chi connectivity index (χ1n) is 17.8. The average molecular weight is 769 g/mol. The van der Waals surface area contributed by atoms with E-state index in [0.717, 1.165) is 53.1 Å². The number of imide groups is 2. The van der Waals surface area contributed by atoms with Crippen molar-refractivity contribution in [1.29, 1.82) is 0 Å². The van der Waals surface area contributed by atoms with Crippen LogP contribution in [0, 0.1) is 6.92 Å². The highest BCUT2D eigenvalue weighted by Gasteiger charge is 2.40. The van der Waals surface area contributed by atoms with Gasteiger partial charge in [-0.15, -0.1) is 0 Å². The molecule has 1 saturated heterocycles. The van der Waals surface area contributed by atoms with Crippen molar-refractivity contribution in [2.45, 2.75) is 38.2 Å². The first-order chi connectivity index (χ1) is 25.8. The molecule has 0 aliphatic carbocycles. The smallest absolute Gasteiger partial charge is 0.335 e. The highest BCUT2D eigenvalue weighted by Crippen LogP contribution is 2.50. The third kappa shape index (κ3) is 6.61. The van der Waals surface area contributed by atoms with E-state index in [1.807, 2.05) is 73.7 Å². The van der Waals surface area contributed by atoms with E-state index < -0.39 is 17.8 Å². The Morgan fingerprint density at radius 1 is 0.811 bits per heavy atom. The van der Waals surface area contributed by atoms with Crippen LogP contribution < -0.4 is 24.6 Å². The second kappa shape index (κ2) is 14.4. The molecule has 1 N–H and O–H groups in total. The molecule has 8 nitrogen and oxygen atoms in total. The fourth-order valence-corrected chi connectivity index (χ4v) is 8.52. The number of amides is 4. The summed E-state index contributed by atoms with van der Waals surface area (Å²) in [5, 5.41) is 2.43. The van der Waals surface area contributed by atoms with Gasteiger partial charge in [0.1, 0.15) is 12.2 Å². The monoisotopic (exact) mass is 767 g/mol. The standard InChI is InChI=1S/C44H38BrN3O5/c1-27-10-9-11-28(20-27)26-53-41-38(45)22-29(23-39(41)52-2)21-37-42(49)46-44(51)48(43(37)50)32-24-35-33(30-12-5-3-6-13-30)16-18-47-19-17-34(36(25-32)40(35)47)31-14-7-4-8-15-31/h3-15,20-25,33-34H,16-19,26H2,1-2H3,(H,46,49,51)/b37-21+/t33-,34-/m1/s1. The van der Waals surface area contributed by atoms with E-state index in [9.17, 15) is 14.4 Å². The molecule has 266 valence electrons. The quantitative estimate of drug-likeness (QED) is 0.125. The zero-order valence-electron chi connectivity index (χ0n) is 29.5. The van der Waals surface area contributed by atoms with Gasteiger partial charge < -0.3 is 14.4 Å². The highest BCUT2D eigenvalue weighted by molar-refractivity contribution is 9.10. The second-order valence-electron chi connectivity index (χ2n) is 13.7. The number of anilines is 2. The molecule has 1 fully saturated rings. The minimum Gasteiger partial charge on any atom is -0.493 e. The molecule has 0 aromatic heterocycles. The molecule has 2 atom stereocenters. The molecule has 0 radical (unpaired) electrons. The van der Waals surface area contributed by atoms with Gasteiger partial charge in [-0.2, -0.15) is 0 Å². The van der Waals surface area contributed by atoms with Crippen LogP contribution in [0.3, 0.4) is 0 Å². The van der Waals surface area contributed by atoms with Gasteiger partial charge in [0.15, 0.2) is 11.5 Å². The topological polar surface area (TPSA) is 88.2 Å². The number of hydrogen-bond donors (Lipinski definition) is 1. The van der Waals surface area contributed by atoms with Crippen LogP contribution in [-0.4, -0.2) is 38.0 Å². The average Bonchev–Trinajstić information content (AvgIpc) is 3.16. The van der Waals surface area contributed by atoms with E-state index in [1.54, 1.807) is 12.1 Å². The summed E-state index contributed by atoms with van der Waals surface area (Å²) in [7, 11) is 1.53. The Morgan fingerprint density at radius 2 is 1.45 bits per heavy atom. The fourth-order valence-electron chi connectivity index (χ4n) is 7.95. The lowest BCUT2D eigenvalue weighted by molar-refractivity contribution is -0.122. The summed E-state index contributed by atoms with van der Waals surface area (Å²) < 4.78 is 12.4. The van der Waals surface area contributed by atoms with Gasteiger partial charge in [-0.1, -0.05) is 90.5 Å². The van der Waals surface area contributed by atoms with Crippen LogP contribution in [-0.2, 0) is 16.2 Å². The van der Waals surface area contributed by atoms with Crippen LogP contribution in [0.25, 0.3) is 6.08 Å². The number of barbiturate groups is 1. The van der Waals surface area contributed by atoms with Crippen LogP contribution in [0.1, 0.15) is 63.6 Å². The number of rotatable bonds is 8. The number of halogens is 1. The van der Waals surface area contributed by atoms with Gasteiger partial charge in [0, 0.05) is 30.6 Å². The summed E-state index contributed by atoms with van der Waals surface area (Å²) in [6.45, 7) is 4.18. The lowest BCUT2D eigenvalue weighted by atomic mass is 9.76. The Kier molecular flexibility index (Phi) is 9.35. The second-order valence-corrected chi connectivity index (χ2v) is 14.6. The molecule has 5 aromatic rings. The van der Waals surface area contributed by atoms with E-state index >= 15 is 0 Å². The van der Waals surface area contributed by atoms with Gasteiger partial charge in [0.25, 0.3) is 11.8 Å². The van der Waals surface area contributed by atoms with Crippen molar-refractivity contribution in [3.63, 3.8) is 0 Å². The molecule has 3 heterocycles. The molecule has 0 saturated carbocycles. The van der Waals surface area contributed by atoms with Crippen molar-refractivity contribution < 1.29 is 23.9 Å². The van der Waals surface area contributed by atoms with Crippen LogP contribution in [0.5, 0.6) is 11.5 Å². The zero-order chi connectivity index (χ0) is 36.6. The lowest BCUT2D eigenvalue weighted by Crippen LogP contribution is -2.54. The molecular weight excluding hydrogens is 730 g/mol. The molecule has 5 aromatic carbocycles. The first kappa shape index (κ1) is 34.4. The van der Waals surface area contributed by atoms with Gasteiger partial charge in [0.05, 0.1) is 17.3 Å². The predicted octanol–water partition coefficient (Wildman–Crippen LogP) is 8.89. The number of methoxy groups -OCH3 is 1. The molecular formula is C44H38BrN3O5. The number of ether oxygens (including phenoxy) is 2. The van der Waals surface area contributed by atoms with Gasteiger partial charge in [-0.3, -0.25) is 14.9 Å². The Balaban J connectivity index is 1.19. The Labute approximate surface area is 317 Å². The molecule has 3 aliphatic heterocycles. The molecule has 53 heavy (non-hydrogen) atoms. The van der Waals surface area contributed by atoms with Crippen LogP contribution in [0.2, 0.25) is 0 Å². The summed E-state index contributed by atoms with van der Waals surface area (Å²) in [5.41, 5.74) is 8.62. The normalized spacial score (nSPS) is 18.8. The molecule has 0 spiro atoms. The third-order valence-corrected chi connectivity index (χ3v) is 11.0. The summed E-state index contributed by atoms with van der Waals surface area (Å²) in [6, 6.07) is 35.4. The third-order valence-electron chi connectivity index (χ3n) is 10.4. The van der Waals surface area contributed by atoms with Crippen molar-refractivity contribution in [2.75, 3.05) is 30.0 Å². The van der Waals surface area contributed by atoms with E-state index in [1.165, 1.54) is 30.0 Å². The summed E-state index contributed by atoms with van der Waals surface area (Å²) in [4.78, 5) is 45.0. The van der Waals surface area contributed by atoms with E-state index in [-0.39, 0.29) is 17.4 Å². The Morgan fingerprint density at radius 3 is 2.06 bits per heavy atom. The number of nitrogens with one attached hydrogen (secondary N) is 1. The zero-order valence-corrected chi connectivity index (χ0v) is 31.1. The first-order valence-corrected chi connectivity index (χ1v) is 18.6. The van der Waals surface area contributed by atoms with E-state index in [4.69, 9.17) is 9.47 Å². The number of hydrogen-bond acceptors (Lipinski definition) is 6. The van der Waals surface area contributed by atoms with E-state index in [0.29, 0.717) is 33.8 Å². The maximum absolute atomic E-state index is 14.4. The molecule has 3 aliphatic rings. The highest BCUT2D eigenvalue weighted by atomic mass is 79.9. The molecule has 9 heteroatoms. The molecule has 0 unspecified atom stereocenters. The summed E-state index contributed by atoms with van der Waals surface area (Å²) in [6.07, 6.45) is 3.29. The van der Waals surface area contributed by atoms with Crippen molar-refractivity contribution in [3.05, 3.63) is 158 Å². The maximum atomic E-state index is 14.4. The summed E-state index contributed by atoms with van der Waals surface area (Å²) >= 11 is 3.60. The van der Waals surface area contributed by atoms with Crippen LogP contribution in [0.15, 0.2) is 119 Å². The number of nitrogens with zero attached hydrogens (tertiary/aromatic N) is 2. The van der Waals surface area contributed by atoms with Gasteiger partial charge >= 0.3 is 6.03 Å². The minimum absolute atomic E-state index is 0.0757. The van der Waals surface area contributed by atoms with Crippen LogP contribution in [0.4, 0.5) is 16.2 Å². The van der Waals surface area contributed by atoms with Crippen molar-refractivity contribution >= 4 is 51.2 Å². The van der Waals surface area contributed by atoms with Crippen molar-refractivity contribution in [1.82, 2.24) is 5.32 Å². The largest absolute Gasteiger partial charge is 0.493 e. The number of carbonyl (C=O) groups is 3. The van der Waals surface area contributed by atoms with Gasteiger partial charge in [-0.05, 0) is 99.4 Å². The van der Waals surface area contributed by atoms with Gasteiger partial charge in [0.2, 0.25) is 0 Å². The molecule has 8 rings (SSSR count). The fraction of sp³-hybridized carbons (Fsp3) is 0.205.